The Bertz CT molecular complexity index is 905. The lowest BCUT2D eigenvalue weighted by Crippen LogP contribution is -2.36. The number of sulfonamides is 1. The summed E-state index contributed by atoms with van der Waals surface area (Å²) in [7, 11) is -4.29. The highest BCUT2D eigenvalue weighted by atomic mass is 79.9. The average molecular weight is 433 g/mol. The van der Waals surface area contributed by atoms with Gasteiger partial charge in [0.05, 0.1) is 5.69 Å². The molecule has 0 saturated heterocycles. The monoisotopic (exact) mass is 432 g/mol. The zero-order valence-corrected chi connectivity index (χ0v) is 15.7. The van der Waals surface area contributed by atoms with Crippen LogP contribution < -0.4 is 10.0 Å². The summed E-state index contributed by atoms with van der Waals surface area (Å²) in [6.45, 7) is 2.49. The van der Waals surface area contributed by atoms with Crippen LogP contribution >= 0.6 is 15.9 Å². The number of halogens is 3. The van der Waals surface area contributed by atoms with E-state index in [0.29, 0.717) is 5.69 Å². The summed E-state index contributed by atoms with van der Waals surface area (Å²) in [5, 5.41) is 0.913. The fourth-order valence-electron chi connectivity index (χ4n) is 1.91. The number of hydrogen-bond acceptors (Lipinski definition) is 3. The molecule has 0 spiro atoms. The Morgan fingerprint density at radius 2 is 1.76 bits per heavy atom. The van der Waals surface area contributed by atoms with Gasteiger partial charge in [-0.15, -0.1) is 0 Å². The van der Waals surface area contributed by atoms with Crippen LogP contribution in [0.25, 0.3) is 0 Å². The predicted octanol–water partition coefficient (Wildman–Crippen LogP) is 3.80. The van der Waals surface area contributed by atoms with Crippen molar-refractivity contribution in [3.8, 4) is 0 Å². The minimum Gasteiger partial charge on any atom is -0.325 e. The molecule has 2 rings (SSSR count). The third-order valence-corrected chi connectivity index (χ3v) is 5.99. The predicted molar refractivity (Wildman–Crippen MR) is 95.9 cm³/mol. The van der Waals surface area contributed by atoms with E-state index in [4.69, 9.17) is 0 Å². The zero-order chi connectivity index (χ0) is 18.8. The Morgan fingerprint density at radius 1 is 1.16 bits per heavy atom. The van der Waals surface area contributed by atoms with Gasteiger partial charge in [0.2, 0.25) is 15.9 Å². The molecule has 0 aliphatic carbocycles. The van der Waals surface area contributed by atoms with E-state index in [2.05, 4.69) is 21.2 Å². The number of carbonyl (C=O) groups is 1. The molecule has 1 atom stereocenters. The third-order valence-electron chi connectivity index (χ3n) is 3.52. The number of para-hydroxylation sites is 1. The van der Waals surface area contributed by atoms with Gasteiger partial charge in [0.15, 0.2) is 16.9 Å². The number of hydrogen-bond donors (Lipinski definition) is 2. The molecule has 0 aromatic heterocycles. The van der Waals surface area contributed by atoms with Crippen LogP contribution in [0.3, 0.4) is 0 Å². The van der Waals surface area contributed by atoms with E-state index in [1.165, 1.54) is 6.92 Å². The lowest BCUT2D eigenvalue weighted by atomic mass is 10.2. The summed E-state index contributed by atoms with van der Waals surface area (Å²) >= 11 is 3.03. The largest absolute Gasteiger partial charge is 0.325 e. The summed E-state index contributed by atoms with van der Waals surface area (Å²) < 4.78 is 54.5. The molecule has 0 saturated carbocycles. The Labute approximate surface area is 152 Å². The number of nitrogens with one attached hydrogen (secondary N) is 2. The van der Waals surface area contributed by atoms with Crippen molar-refractivity contribution in [1.82, 2.24) is 0 Å². The highest BCUT2D eigenvalue weighted by Crippen LogP contribution is 2.29. The first kappa shape index (κ1) is 19.3. The molecular weight excluding hydrogens is 418 g/mol. The Morgan fingerprint density at radius 3 is 2.36 bits per heavy atom. The molecule has 5 nitrogen and oxygen atoms in total. The van der Waals surface area contributed by atoms with Crippen molar-refractivity contribution in [2.45, 2.75) is 19.1 Å². The highest BCUT2D eigenvalue weighted by molar-refractivity contribution is 9.10. The average Bonchev–Trinajstić information content (AvgIpc) is 2.57. The Kier molecular flexibility index (Phi) is 5.79. The Hall–Kier alpha value is -2.00. The molecule has 1 amide bonds. The topological polar surface area (TPSA) is 75.3 Å². The molecule has 0 fully saturated rings. The first-order chi connectivity index (χ1) is 11.6. The quantitative estimate of drug-likeness (QED) is 0.705. The molecule has 2 N–H and O–H groups in total. The molecule has 2 aromatic rings. The van der Waals surface area contributed by atoms with Gasteiger partial charge in [0.25, 0.3) is 0 Å². The van der Waals surface area contributed by atoms with Crippen LogP contribution in [0.5, 0.6) is 0 Å². The molecule has 0 aliphatic rings. The molecule has 134 valence electrons. The van der Waals surface area contributed by atoms with Gasteiger partial charge in [-0.2, -0.15) is 0 Å². The maximum atomic E-state index is 14.0. The number of rotatable bonds is 5. The number of amides is 1. The van der Waals surface area contributed by atoms with E-state index in [9.17, 15) is 22.0 Å². The van der Waals surface area contributed by atoms with Gasteiger partial charge in [-0.1, -0.05) is 34.1 Å². The van der Waals surface area contributed by atoms with Crippen LogP contribution in [0.2, 0.25) is 0 Å². The van der Waals surface area contributed by atoms with Crippen LogP contribution in [-0.4, -0.2) is 19.6 Å². The van der Waals surface area contributed by atoms with Gasteiger partial charge in [-0.3, -0.25) is 9.52 Å². The standard InChI is InChI=1S/C16H15BrF2N2O3S/c1-9-12(17)8-13(15(19)14(9)18)21-25(23,24)10(2)16(22)20-11-6-4-3-5-7-11/h3-8,10,21H,1-2H3,(H,20,22). The lowest BCUT2D eigenvalue weighted by Gasteiger charge is -2.16. The van der Waals surface area contributed by atoms with Crippen molar-refractivity contribution >= 4 is 43.2 Å². The molecule has 0 bridgehead atoms. The van der Waals surface area contributed by atoms with Gasteiger partial charge < -0.3 is 5.32 Å². The first-order valence-electron chi connectivity index (χ1n) is 7.15. The molecule has 0 aliphatic heterocycles. The smallest absolute Gasteiger partial charge is 0.244 e. The van der Waals surface area contributed by atoms with Crippen LogP contribution in [0.4, 0.5) is 20.2 Å². The highest BCUT2D eigenvalue weighted by Gasteiger charge is 2.30. The van der Waals surface area contributed by atoms with Crippen LogP contribution in [0, 0.1) is 18.6 Å². The SMILES string of the molecule is Cc1c(Br)cc(NS(=O)(=O)C(C)C(=O)Nc2ccccc2)c(F)c1F. The van der Waals surface area contributed by atoms with Gasteiger partial charge >= 0.3 is 0 Å². The summed E-state index contributed by atoms with van der Waals surface area (Å²) in [4.78, 5) is 12.1. The minimum absolute atomic E-state index is 0.00955. The van der Waals surface area contributed by atoms with E-state index >= 15 is 0 Å². The molecule has 1 unspecified atom stereocenters. The van der Waals surface area contributed by atoms with Crippen molar-refractivity contribution in [3.05, 3.63) is 58.1 Å². The van der Waals surface area contributed by atoms with Gasteiger partial charge in [0.1, 0.15) is 0 Å². The fourth-order valence-corrected chi connectivity index (χ4v) is 3.28. The van der Waals surface area contributed by atoms with Crippen LogP contribution in [0.1, 0.15) is 12.5 Å². The van der Waals surface area contributed by atoms with Gasteiger partial charge in [0, 0.05) is 15.7 Å². The summed E-state index contributed by atoms with van der Waals surface area (Å²) in [5.74, 6) is -3.31. The maximum Gasteiger partial charge on any atom is 0.244 e. The number of benzene rings is 2. The van der Waals surface area contributed by atoms with E-state index in [1.807, 2.05) is 4.72 Å². The Balaban J connectivity index is 2.23. The van der Waals surface area contributed by atoms with E-state index in [-0.39, 0.29) is 10.0 Å². The summed E-state index contributed by atoms with van der Waals surface area (Å²) in [6, 6.07) is 9.38. The second-order valence-electron chi connectivity index (χ2n) is 5.30. The van der Waals surface area contributed by atoms with Crippen LogP contribution in [0.15, 0.2) is 40.9 Å². The second kappa shape index (κ2) is 7.49. The van der Waals surface area contributed by atoms with E-state index < -0.39 is 38.5 Å². The molecule has 25 heavy (non-hydrogen) atoms. The minimum atomic E-state index is -4.29. The molecule has 0 heterocycles. The molecule has 0 radical (unpaired) electrons. The molecule has 2 aromatic carbocycles. The summed E-state index contributed by atoms with van der Waals surface area (Å²) in [5.41, 5.74) is -0.144. The first-order valence-corrected chi connectivity index (χ1v) is 9.49. The molecule has 9 heteroatoms. The summed E-state index contributed by atoms with van der Waals surface area (Å²) in [6.07, 6.45) is 0. The van der Waals surface area contributed by atoms with E-state index in [0.717, 1.165) is 13.0 Å². The fraction of sp³-hybridized carbons (Fsp3) is 0.188. The third kappa shape index (κ3) is 4.35. The van der Waals surface area contributed by atoms with E-state index in [1.54, 1.807) is 30.3 Å². The van der Waals surface area contributed by atoms with Crippen molar-refractivity contribution < 1.29 is 22.0 Å². The van der Waals surface area contributed by atoms with Crippen molar-refractivity contribution in [3.63, 3.8) is 0 Å². The maximum absolute atomic E-state index is 14.0. The van der Waals surface area contributed by atoms with Crippen LogP contribution in [-0.2, 0) is 14.8 Å². The number of anilines is 2. The van der Waals surface area contributed by atoms with Crippen molar-refractivity contribution in [2.75, 3.05) is 10.0 Å². The second-order valence-corrected chi connectivity index (χ2v) is 8.16. The van der Waals surface area contributed by atoms with Crippen molar-refractivity contribution in [1.29, 1.82) is 0 Å². The zero-order valence-electron chi connectivity index (χ0n) is 13.3. The normalized spacial score (nSPS) is 12.5. The lowest BCUT2D eigenvalue weighted by molar-refractivity contribution is -0.115. The van der Waals surface area contributed by atoms with Crippen molar-refractivity contribution in [2.24, 2.45) is 0 Å². The van der Waals surface area contributed by atoms with Gasteiger partial charge in [-0.25, -0.2) is 17.2 Å². The number of carbonyl (C=O) groups excluding carboxylic acids is 1. The van der Waals surface area contributed by atoms with Gasteiger partial charge in [-0.05, 0) is 32.0 Å². The molecular formula is C16H15BrF2N2O3S.